The molecule has 0 radical (unpaired) electrons. The van der Waals surface area contributed by atoms with Crippen molar-refractivity contribution in [3.8, 4) is 0 Å². The Morgan fingerprint density at radius 2 is 2.00 bits per heavy atom. The van der Waals surface area contributed by atoms with E-state index in [9.17, 15) is 0 Å². The molecular weight excluding hydrogens is 210 g/mol. The summed E-state index contributed by atoms with van der Waals surface area (Å²) in [4.78, 5) is 9.44. The zero-order valence-corrected chi connectivity index (χ0v) is 10.6. The molecule has 1 aromatic heterocycles. The molecule has 1 heterocycles. The topological polar surface area (TPSA) is 51.8 Å². The van der Waals surface area contributed by atoms with Crippen molar-refractivity contribution in [3.05, 3.63) is 23.3 Å². The fourth-order valence-electron chi connectivity index (χ4n) is 2.74. The summed E-state index contributed by atoms with van der Waals surface area (Å²) in [5, 5.41) is 0. The van der Waals surface area contributed by atoms with Gasteiger partial charge in [-0.2, -0.15) is 0 Å². The van der Waals surface area contributed by atoms with E-state index in [4.69, 9.17) is 10.7 Å². The molecule has 0 amide bonds. The number of aromatic nitrogens is 2. The maximum atomic E-state index is 6.47. The molecule has 0 bridgehead atoms. The number of rotatable bonds is 3. The second-order valence-corrected chi connectivity index (χ2v) is 5.60. The van der Waals surface area contributed by atoms with E-state index in [-0.39, 0.29) is 5.54 Å². The van der Waals surface area contributed by atoms with Gasteiger partial charge in [0.1, 0.15) is 5.82 Å². The van der Waals surface area contributed by atoms with Gasteiger partial charge in [-0.1, -0.05) is 19.8 Å². The first-order valence-electron chi connectivity index (χ1n) is 6.88. The summed E-state index contributed by atoms with van der Waals surface area (Å²) in [7, 11) is 0. The molecule has 17 heavy (non-hydrogen) atoms. The fraction of sp³-hybridized carbons (Fsp3) is 0.714. The van der Waals surface area contributed by atoms with Gasteiger partial charge in [0.05, 0.1) is 5.54 Å². The van der Waals surface area contributed by atoms with Crippen molar-refractivity contribution in [2.75, 3.05) is 0 Å². The summed E-state index contributed by atoms with van der Waals surface area (Å²) in [5.41, 5.74) is 8.63. The quantitative estimate of drug-likeness (QED) is 0.870. The average molecular weight is 231 g/mol. The Bertz CT molecular complexity index is 417. The minimum atomic E-state index is -0.241. The highest BCUT2D eigenvalue weighted by atomic mass is 15.0. The zero-order chi connectivity index (χ0) is 11.9. The van der Waals surface area contributed by atoms with Crippen LogP contribution in [-0.4, -0.2) is 9.97 Å². The predicted molar refractivity (Wildman–Crippen MR) is 67.7 cm³/mol. The van der Waals surface area contributed by atoms with E-state index in [1.165, 1.54) is 31.4 Å². The molecule has 0 spiro atoms. The third-order valence-corrected chi connectivity index (χ3v) is 4.10. The van der Waals surface area contributed by atoms with Gasteiger partial charge in [0.25, 0.3) is 0 Å². The zero-order valence-electron chi connectivity index (χ0n) is 10.6. The number of nitrogens with zero attached hydrogens (tertiary/aromatic N) is 2. The molecular formula is C14H21N3. The van der Waals surface area contributed by atoms with Crippen molar-refractivity contribution in [3.63, 3.8) is 0 Å². The van der Waals surface area contributed by atoms with Crippen molar-refractivity contribution in [2.24, 2.45) is 5.73 Å². The van der Waals surface area contributed by atoms with E-state index in [1.54, 1.807) is 0 Å². The SMILES string of the molecule is CCc1cc(C2CC2)nc(C2(N)CCCC2)n1. The maximum absolute atomic E-state index is 6.47. The highest BCUT2D eigenvalue weighted by Crippen LogP contribution is 2.41. The lowest BCUT2D eigenvalue weighted by molar-refractivity contribution is 0.427. The van der Waals surface area contributed by atoms with Crippen LogP contribution in [0.4, 0.5) is 0 Å². The first-order valence-corrected chi connectivity index (χ1v) is 6.88. The van der Waals surface area contributed by atoms with Gasteiger partial charge < -0.3 is 5.73 Å². The number of hydrogen-bond acceptors (Lipinski definition) is 3. The Hall–Kier alpha value is -0.960. The molecule has 0 atom stereocenters. The van der Waals surface area contributed by atoms with Gasteiger partial charge in [0.2, 0.25) is 0 Å². The van der Waals surface area contributed by atoms with Crippen molar-refractivity contribution in [1.82, 2.24) is 9.97 Å². The minimum Gasteiger partial charge on any atom is -0.319 e. The number of nitrogens with two attached hydrogens (primary N) is 1. The highest BCUT2D eigenvalue weighted by molar-refractivity contribution is 5.22. The molecule has 2 aliphatic rings. The summed E-state index contributed by atoms with van der Waals surface area (Å²) >= 11 is 0. The van der Waals surface area contributed by atoms with E-state index >= 15 is 0 Å². The molecule has 2 saturated carbocycles. The van der Waals surface area contributed by atoms with Crippen LogP contribution in [0.3, 0.4) is 0 Å². The van der Waals surface area contributed by atoms with Gasteiger partial charge >= 0.3 is 0 Å². The molecule has 0 unspecified atom stereocenters. The number of aryl methyl sites for hydroxylation is 1. The molecule has 0 aromatic carbocycles. The van der Waals surface area contributed by atoms with Crippen LogP contribution in [0.15, 0.2) is 6.07 Å². The summed E-state index contributed by atoms with van der Waals surface area (Å²) < 4.78 is 0. The van der Waals surface area contributed by atoms with Crippen LogP contribution < -0.4 is 5.73 Å². The monoisotopic (exact) mass is 231 g/mol. The summed E-state index contributed by atoms with van der Waals surface area (Å²) in [6.07, 6.45) is 8.08. The Kier molecular flexibility index (Phi) is 2.66. The second kappa shape index (κ2) is 4.05. The molecule has 0 saturated heterocycles. The fourth-order valence-corrected chi connectivity index (χ4v) is 2.74. The normalized spacial score (nSPS) is 22.9. The Morgan fingerprint density at radius 3 is 2.59 bits per heavy atom. The third-order valence-electron chi connectivity index (χ3n) is 4.10. The molecule has 2 N–H and O–H groups in total. The molecule has 2 aliphatic carbocycles. The molecule has 1 aromatic rings. The van der Waals surface area contributed by atoms with Crippen LogP contribution in [0.5, 0.6) is 0 Å². The molecule has 2 fully saturated rings. The van der Waals surface area contributed by atoms with Crippen LogP contribution in [0, 0.1) is 0 Å². The molecule has 92 valence electrons. The van der Waals surface area contributed by atoms with Gasteiger partial charge in [0.15, 0.2) is 0 Å². The Morgan fingerprint density at radius 1 is 1.29 bits per heavy atom. The van der Waals surface area contributed by atoms with Gasteiger partial charge in [-0.3, -0.25) is 0 Å². The van der Waals surface area contributed by atoms with Crippen LogP contribution in [-0.2, 0) is 12.0 Å². The highest BCUT2D eigenvalue weighted by Gasteiger charge is 2.35. The molecule has 3 rings (SSSR count). The number of hydrogen-bond donors (Lipinski definition) is 1. The molecule has 0 aliphatic heterocycles. The van der Waals surface area contributed by atoms with E-state index in [1.807, 2.05) is 0 Å². The van der Waals surface area contributed by atoms with Gasteiger partial charge in [-0.25, -0.2) is 9.97 Å². The van der Waals surface area contributed by atoms with Crippen LogP contribution in [0.1, 0.15) is 68.6 Å². The van der Waals surface area contributed by atoms with Crippen molar-refractivity contribution >= 4 is 0 Å². The van der Waals surface area contributed by atoms with Crippen LogP contribution in [0.2, 0.25) is 0 Å². The van der Waals surface area contributed by atoms with Gasteiger partial charge in [-0.15, -0.1) is 0 Å². The Labute approximate surface area is 103 Å². The lowest BCUT2D eigenvalue weighted by atomic mass is 9.97. The van der Waals surface area contributed by atoms with Crippen molar-refractivity contribution < 1.29 is 0 Å². The molecule has 3 nitrogen and oxygen atoms in total. The average Bonchev–Trinajstić information content (AvgIpc) is 3.11. The van der Waals surface area contributed by atoms with E-state index in [2.05, 4.69) is 18.0 Å². The minimum absolute atomic E-state index is 0.241. The Balaban J connectivity index is 1.99. The standard InChI is InChI=1S/C14H21N3/c1-2-11-9-12(10-5-6-10)17-13(16-11)14(15)7-3-4-8-14/h9-10H,2-8,15H2,1H3. The second-order valence-electron chi connectivity index (χ2n) is 5.60. The van der Waals surface area contributed by atoms with Gasteiger partial charge in [-0.05, 0) is 38.2 Å². The first-order chi connectivity index (χ1) is 8.21. The van der Waals surface area contributed by atoms with Crippen molar-refractivity contribution in [2.45, 2.75) is 63.3 Å². The summed E-state index contributed by atoms with van der Waals surface area (Å²) in [6, 6.07) is 2.18. The van der Waals surface area contributed by atoms with E-state index in [0.29, 0.717) is 5.92 Å². The largest absolute Gasteiger partial charge is 0.319 e. The van der Waals surface area contributed by atoms with Crippen LogP contribution in [0.25, 0.3) is 0 Å². The maximum Gasteiger partial charge on any atom is 0.148 e. The van der Waals surface area contributed by atoms with E-state index in [0.717, 1.165) is 30.8 Å². The summed E-state index contributed by atoms with van der Waals surface area (Å²) in [6.45, 7) is 2.15. The predicted octanol–water partition coefficient (Wildman–Crippen LogP) is 2.64. The van der Waals surface area contributed by atoms with Crippen LogP contribution >= 0.6 is 0 Å². The third kappa shape index (κ3) is 2.08. The molecule has 3 heteroatoms. The summed E-state index contributed by atoms with van der Waals surface area (Å²) in [5.74, 6) is 1.60. The van der Waals surface area contributed by atoms with Crippen molar-refractivity contribution in [1.29, 1.82) is 0 Å². The van der Waals surface area contributed by atoms with E-state index < -0.39 is 0 Å². The lowest BCUT2D eigenvalue weighted by Gasteiger charge is -2.22. The lowest BCUT2D eigenvalue weighted by Crippen LogP contribution is -2.36. The first kappa shape index (κ1) is 11.1. The smallest absolute Gasteiger partial charge is 0.148 e. The van der Waals surface area contributed by atoms with Gasteiger partial charge in [0, 0.05) is 17.3 Å².